The molecular weight excluding hydrogens is 322 g/mol. The van der Waals surface area contributed by atoms with E-state index in [4.69, 9.17) is 4.74 Å². The number of aryl methyl sites for hydroxylation is 1. The monoisotopic (exact) mass is 347 g/mol. The molecule has 1 aliphatic heterocycles. The molecule has 4 nitrogen and oxygen atoms in total. The number of fused-ring (bicyclic) bond motifs is 2. The van der Waals surface area contributed by atoms with E-state index in [1.54, 1.807) is 0 Å². The molecule has 26 heavy (non-hydrogen) atoms. The minimum Gasteiger partial charge on any atom is -0.381 e. The van der Waals surface area contributed by atoms with E-state index in [9.17, 15) is 0 Å². The number of hydrogen-bond donors (Lipinski definition) is 1. The average molecular weight is 347 g/mol. The van der Waals surface area contributed by atoms with Gasteiger partial charge in [-0.05, 0) is 54.4 Å². The van der Waals surface area contributed by atoms with Crippen LogP contribution >= 0.6 is 0 Å². The summed E-state index contributed by atoms with van der Waals surface area (Å²) in [6.45, 7) is 4.69. The zero-order valence-corrected chi connectivity index (χ0v) is 15.2. The normalized spacial score (nSPS) is 21.3. The Morgan fingerprint density at radius 2 is 2.04 bits per heavy atom. The number of imidazole rings is 1. The van der Waals surface area contributed by atoms with Crippen LogP contribution in [0, 0.1) is 12.3 Å². The third kappa shape index (κ3) is 2.48. The van der Waals surface area contributed by atoms with Gasteiger partial charge in [0.05, 0.1) is 11.9 Å². The number of nitrogens with one attached hydrogen (secondary N) is 1. The molecule has 1 spiro atoms. The number of benzene rings is 1. The summed E-state index contributed by atoms with van der Waals surface area (Å²) < 4.78 is 7.89. The number of ether oxygens (including phenoxy) is 1. The summed E-state index contributed by atoms with van der Waals surface area (Å²) in [7, 11) is 0. The quantitative estimate of drug-likeness (QED) is 0.783. The highest BCUT2D eigenvalue weighted by molar-refractivity contribution is 5.48. The second-order valence-corrected chi connectivity index (χ2v) is 7.80. The predicted octanol–water partition coefficient (Wildman–Crippen LogP) is 3.83. The number of nitrogens with zero attached hydrogens (tertiary/aromatic N) is 2. The number of pyridine rings is 1. The molecule has 1 atom stereocenters. The van der Waals surface area contributed by atoms with Crippen LogP contribution in [0.25, 0.3) is 5.65 Å². The molecule has 1 unspecified atom stereocenters. The Kier molecular flexibility index (Phi) is 3.84. The summed E-state index contributed by atoms with van der Waals surface area (Å²) in [6, 6.07) is 13.5. The molecule has 134 valence electrons. The smallest absolute Gasteiger partial charge is 0.139 e. The van der Waals surface area contributed by atoms with Crippen molar-refractivity contribution in [3.63, 3.8) is 0 Å². The molecule has 1 aliphatic carbocycles. The van der Waals surface area contributed by atoms with E-state index in [1.807, 2.05) is 6.20 Å². The molecule has 4 heteroatoms. The Hall–Kier alpha value is -2.17. The molecule has 2 aromatic heterocycles. The maximum atomic E-state index is 5.68. The first-order valence-electron chi connectivity index (χ1n) is 9.57. The molecule has 1 aromatic carbocycles. The van der Waals surface area contributed by atoms with Crippen LogP contribution in [0.4, 0.5) is 0 Å². The van der Waals surface area contributed by atoms with Crippen molar-refractivity contribution in [2.45, 2.75) is 38.8 Å². The summed E-state index contributed by atoms with van der Waals surface area (Å²) >= 11 is 0. The van der Waals surface area contributed by atoms with Gasteiger partial charge < -0.3 is 14.5 Å². The van der Waals surface area contributed by atoms with Gasteiger partial charge in [-0.3, -0.25) is 0 Å². The Morgan fingerprint density at radius 3 is 2.92 bits per heavy atom. The molecule has 0 bridgehead atoms. The Bertz CT molecular complexity index is 939. The minimum absolute atomic E-state index is 0.290. The molecule has 2 aliphatic rings. The van der Waals surface area contributed by atoms with Crippen LogP contribution < -0.4 is 5.32 Å². The highest BCUT2D eigenvalue weighted by Crippen LogP contribution is 2.51. The lowest BCUT2D eigenvalue weighted by Crippen LogP contribution is -2.40. The van der Waals surface area contributed by atoms with Crippen LogP contribution in [0.3, 0.4) is 0 Å². The maximum absolute atomic E-state index is 5.68. The van der Waals surface area contributed by atoms with Crippen molar-refractivity contribution in [2.75, 3.05) is 13.2 Å². The fourth-order valence-corrected chi connectivity index (χ4v) is 4.90. The van der Waals surface area contributed by atoms with Crippen LogP contribution in [0.5, 0.6) is 0 Å². The van der Waals surface area contributed by atoms with E-state index in [2.05, 4.69) is 64.2 Å². The van der Waals surface area contributed by atoms with Crippen LogP contribution in [0.15, 0.2) is 48.8 Å². The van der Waals surface area contributed by atoms with Gasteiger partial charge in [-0.15, -0.1) is 0 Å². The Labute approximate surface area is 154 Å². The van der Waals surface area contributed by atoms with Gasteiger partial charge in [-0.25, -0.2) is 4.98 Å². The van der Waals surface area contributed by atoms with Gasteiger partial charge in [0, 0.05) is 32.0 Å². The van der Waals surface area contributed by atoms with E-state index in [1.165, 1.54) is 22.4 Å². The lowest BCUT2D eigenvalue weighted by molar-refractivity contribution is -0.000289. The molecule has 1 saturated heterocycles. The molecule has 3 heterocycles. The van der Waals surface area contributed by atoms with E-state index in [0.717, 1.165) is 44.7 Å². The van der Waals surface area contributed by atoms with Gasteiger partial charge >= 0.3 is 0 Å². The van der Waals surface area contributed by atoms with Crippen LogP contribution in [-0.4, -0.2) is 22.6 Å². The topological polar surface area (TPSA) is 38.6 Å². The third-order valence-electron chi connectivity index (χ3n) is 6.30. The largest absolute Gasteiger partial charge is 0.381 e. The second kappa shape index (κ2) is 6.22. The van der Waals surface area contributed by atoms with E-state index < -0.39 is 0 Å². The molecule has 5 rings (SSSR count). The average Bonchev–Trinajstić information content (AvgIpc) is 3.20. The van der Waals surface area contributed by atoms with Gasteiger partial charge in [0.15, 0.2) is 0 Å². The number of rotatable bonds is 3. The first-order chi connectivity index (χ1) is 12.8. The van der Waals surface area contributed by atoms with Crippen molar-refractivity contribution in [1.29, 1.82) is 0 Å². The third-order valence-corrected chi connectivity index (χ3v) is 6.30. The summed E-state index contributed by atoms with van der Waals surface area (Å²) in [6.07, 6.45) is 7.54. The highest BCUT2D eigenvalue weighted by atomic mass is 16.5. The van der Waals surface area contributed by atoms with Gasteiger partial charge in [0.25, 0.3) is 0 Å². The predicted molar refractivity (Wildman–Crippen MR) is 102 cm³/mol. The van der Waals surface area contributed by atoms with Gasteiger partial charge in [0.1, 0.15) is 5.65 Å². The maximum Gasteiger partial charge on any atom is 0.139 e. The lowest BCUT2D eigenvalue weighted by atomic mass is 9.74. The van der Waals surface area contributed by atoms with E-state index in [-0.39, 0.29) is 0 Å². The fourth-order valence-electron chi connectivity index (χ4n) is 4.90. The molecule has 0 amide bonds. The molecular formula is C22H25N3O. The Balaban J connectivity index is 1.46. The summed E-state index contributed by atoms with van der Waals surface area (Å²) in [5.74, 6) is 0. The zero-order chi connectivity index (χ0) is 17.6. The number of hydrogen-bond acceptors (Lipinski definition) is 3. The van der Waals surface area contributed by atoms with Crippen molar-refractivity contribution >= 4 is 5.65 Å². The first-order valence-corrected chi connectivity index (χ1v) is 9.57. The molecule has 1 N–H and O–H groups in total. The molecule has 0 radical (unpaired) electrons. The standard InChI is InChI=1S/C22H25N3O/c1-16-5-4-10-25-18(15-24-21(16)25)14-23-20-19-7-3-2-6-17(19)13-22(20)8-11-26-12-9-22/h2-7,10,15,20,23H,8-9,11-14H2,1H3. The van der Waals surface area contributed by atoms with Gasteiger partial charge in [0.2, 0.25) is 0 Å². The molecule has 1 fully saturated rings. The summed E-state index contributed by atoms with van der Waals surface area (Å²) in [4.78, 5) is 4.61. The van der Waals surface area contributed by atoms with Gasteiger partial charge in [-0.2, -0.15) is 0 Å². The lowest BCUT2D eigenvalue weighted by Gasteiger charge is -2.39. The second-order valence-electron chi connectivity index (χ2n) is 7.80. The van der Waals surface area contributed by atoms with E-state index in [0.29, 0.717) is 11.5 Å². The molecule has 0 saturated carbocycles. The van der Waals surface area contributed by atoms with Crippen molar-refractivity contribution in [1.82, 2.24) is 14.7 Å². The Morgan fingerprint density at radius 1 is 1.19 bits per heavy atom. The highest BCUT2D eigenvalue weighted by Gasteiger charge is 2.46. The van der Waals surface area contributed by atoms with Crippen LogP contribution in [0.2, 0.25) is 0 Å². The fraction of sp³-hybridized carbons (Fsp3) is 0.409. The first kappa shape index (κ1) is 16.0. The van der Waals surface area contributed by atoms with Crippen molar-refractivity contribution in [2.24, 2.45) is 5.41 Å². The van der Waals surface area contributed by atoms with Crippen molar-refractivity contribution < 1.29 is 4.74 Å². The summed E-state index contributed by atoms with van der Waals surface area (Å²) in [5, 5.41) is 3.90. The van der Waals surface area contributed by atoms with Gasteiger partial charge in [-0.1, -0.05) is 30.3 Å². The number of aromatic nitrogens is 2. The zero-order valence-electron chi connectivity index (χ0n) is 15.2. The summed E-state index contributed by atoms with van der Waals surface area (Å²) in [5.41, 5.74) is 6.75. The van der Waals surface area contributed by atoms with Crippen LogP contribution in [0.1, 0.15) is 41.3 Å². The van der Waals surface area contributed by atoms with Crippen molar-refractivity contribution in [3.8, 4) is 0 Å². The van der Waals surface area contributed by atoms with Crippen LogP contribution in [-0.2, 0) is 17.7 Å². The minimum atomic E-state index is 0.290. The molecule has 3 aromatic rings. The SMILES string of the molecule is Cc1cccn2c(CNC3c4ccccc4CC34CCOCC4)cnc12. The van der Waals surface area contributed by atoms with Crippen molar-refractivity contribution in [3.05, 3.63) is 71.2 Å². The van der Waals surface area contributed by atoms with E-state index >= 15 is 0 Å².